The third-order valence-electron chi connectivity index (χ3n) is 4.07. The van der Waals surface area contributed by atoms with Crippen molar-refractivity contribution in [2.24, 2.45) is 4.99 Å². The first kappa shape index (κ1) is 24.2. The number of nitrogens with zero attached hydrogens (tertiary/aromatic N) is 1. The lowest BCUT2D eigenvalue weighted by molar-refractivity contribution is 0.281. The molecular formula is C24H29F2NO2. The van der Waals surface area contributed by atoms with Gasteiger partial charge in [-0.2, -0.15) is 0 Å². The van der Waals surface area contributed by atoms with E-state index < -0.39 is 0 Å². The summed E-state index contributed by atoms with van der Waals surface area (Å²) in [7, 11) is 0. The molecule has 2 aromatic carbocycles. The molecule has 0 atom stereocenters. The van der Waals surface area contributed by atoms with Crippen LogP contribution in [0.15, 0.2) is 65.3 Å². The lowest BCUT2D eigenvalue weighted by atomic mass is 10.0. The Kier molecular flexibility index (Phi) is 11.2. The smallest absolute Gasteiger partial charge is 0.130 e. The maximum absolute atomic E-state index is 12.8. The van der Waals surface area contributed by atoms with Crippen LogP contribution in [0.1, 0.15) is 45.2 Å². The summed E-state index contributed by atoms with van der Waals surface area (Å²) in [5.74, 6) is 0.0757. The second-order valence-electron chi connectivity index (χ2n) is 6.17. The second kappa shape index (κ2) is 13.4. The highest BCUT2D eigenvalue weighted by Gasteiger charge is 2.03. The average molecular weight is 401 g/mol. The molecule has 1 N–H and O–H groups in total. The topological polar surface area (TPSA) is 41.8 Å². The first-order chi connectivity index (χ1) is 13.9. The molecule has 0 bridgehead atoms. The summed E-state index contributed by atoms with van der Waals surface area (Å²) in [4.78, 5) is 4.23. The van der Waals surface area contributed by atoms with Crippen molar-refractivity contribution >= 4 is 11.8 Å². The van der Waals surface area contributed by atoms with E-state index in [0.717, 1.165) is 23.3 Å². The van der Waals surface area contributed by atoms with Gasteiger partial charge in [-0.25, -0.2) is 8.78 Å². The van der Waals surface area contributed by atoms with Crippen molar-refractivity contribution in [1.82, 2.24) is 0 Å². The highest BCUT2D eigenvalue weighted by atomic mass is 19.1. The highest BCUT2D eigenvalue weighted by molar-refractivity contribution is 5.66. The van der Waals surface area contributed by atoms with Gasteiger partial charge in [-0.3, -0.25) is 4.99 Å². The van der Waals surface area contributed by atoms with Crippen LogP contribution in [-0.2, 0) is 6.61 Å². The summed E-state index contributed by atoms with van der Waals surface area (Å²) in [5.41, 5.74) is 3.46. The molecule has 2 rings (SSSR count). The number of aliphatic imine (C=N–C) groups is 1. The Hall–Kier alpha value is -2.79. The van der Waals surface area contributed by atoms with E-state index in [1.54, 1.807) is 18.2 Å². The van der Waals surface area contributed by atoms with Crippen LogP contribution in [0.4, 0.5) is 8.78 Å². The van der Waals surface area contributed by atoms with Crippen molar-refractivity contribution in [2.45, 2.75) is 40.7 Å². The molecule has 156 valence electrons. The minimum absolute atomic E-state index is 0.127. The van der Waals surface area contributed by atoms with Crippen molar-refractivity contribution in [3.8, 4) is 5.75 Å². The minimum Gasteiger partial charge on any atom is -0.487 e. The van der Waals surface area contributed by atoms with Crippen LogP contribution in [0.3, 0.4) is 0 Å². The monoisotopic (exact) mass is 401 g/mol. The Morgan fingerprint density at radius 1 is 1.03 bits per heavy atom. The molecule has 0 amide bonds. The van der Waals surface area contributed by atoms with E-state index in [1.807, 2.05) is 46.1 Å². The van der Waals surface area contributed by atoms with Gasteiger partial charge in [-0.1, -0.05) is 25.1 Å². The lowest BCUT2D eigenvalue weighted by Gasteiger charge is -2.07. The molecule has 0 heterocycles. The molecule has 0 unspecified atom stereocenters. The zero-order valence-corrected chi connectivity index (χ0v) is 17.5. The first-order valence-corrected chi connectivity index (χ1v) is 9.53. The van der Waals surface area contributed by atoms with Crippen LogP contribution in [0.5, 0.6) is 5.75 Å². The van der Waals surface area contributed by atoms with Gasteiger partial charge in [0.15, 0.2) is 0 Å². The summed E-state index contributed by atoms with van der Waals surface area (Å²) in [6, 6.07) is 10.4. The predicted molar refractivity (Wildman–Crippen MR) is 116 cm³/mol. The molecule has 0 saturated carbocycles. The molecule has 2 aromatic rings. The first-order valence-electron chi connectivity index (χ1n) is 9.53. The predicted octanol–water partition coefficient (Wildman–Crippen LogP) is 6.33. The SMILES string of the molecule is C/C=C(/COc1ccc(F)cc1)N=CCC.C/C=C(\C)c1ccc(F)cc1CO. The molecule has 0 aliphatic rings. The highest BCUT2D eigenvalue weighted by Crippen LogP contribution is 2.19. The number of rotatable bonds is 7. The summed E-state index contributed by atoms with van der Waals surface area (Å²) in [6.45, 7) is 8.07. The Bertz CT molecular complexity index is 840. The van der Waals surface area contributed by atoms with E-state index in [4.69, 9.17) is 9.84 Å². The fourth-order valence-corrected chi connectivity index (χ4v) is 2.33. The minimum atomic E-state index is -0.309. The Morgan fingerprint density at radius 2 is 1.69 bits per heavy atom. The molecule has 0 aliphatic carbocycles. The van der Waals surface area contributed by atoms with E-state index >= 15 is 0 Å². The third kappa shape index (κ3) is 8.83. The largest absolute Gasteiger partial charge is 0.487 e. The van der Waals surface area contributed by atoms with Crippen molar-refractivity contribution < 1.29 is 18.6 Å². The molecular weight excluding hydrogens is 372 g/mol. The van der Waals surface area contributed by atoms with Crippen molar-refractivity contribution in [2.75, 3.05) is 6.61 Å². The van der Waals surface area contributed by atoms with Crippen LogP contribution in [0.2, 0.25) is 0 Å². The van der Waals surface area contributed by atoms with Crippen LogP contribution in [0, 0.1) is 11.6 Å². The third-order valence-corrected chi connectivity index (χ3v) is 4.07. The van der Waals surface area contributed by atoms with Gasteiger partial charge >= 0.3 is 0 Å². The van der Waals surface area contributed by atoms with E-state index in [9.17, 15) is 8.78 Å². The fourth-order valence-electron chi connectivity index (χ4n) is 2.33. The van der Waals surface area contributed by atoms with E-state index in [-0.39, 0.29) is 18.2 Å². The quantitative estimate of drug-likeness (QED) is 0.551. The molecule has 0 saturated heterocycles. The molecule has 0 fully saturated rings. The van der Waals surface area contributed by atoms with Gasteiger partial charge < -0.3 is 9.84 Å². The Morgan fingerprint density at radius 3 is 2.24 bits per heavy atom. The number of hydrogen-bond donors (Lipinski definition) is 1. The standard InChI is InChI=1S/C13H16FNO.C11H13FO/c1-3-9-15-12(4-2)10-16-13-7-5-11(14)6-8-13;1-3-8(2)11-5-4-10(12)6-9(11)7-13/h4-9H,3,10H2,1-2H3;3-6,13H,7H2,1-2H3/b12-4-,15-9?;8-3+. The van der Waals surface area contributed by atoms with Crippen molar-refractivity contribution in [1.29, 1.82) is 0 Å². The van der Waals surface area contributed by atoms with Gasteiger partial charge in [0.2, 0.25) is 0 Å². The number of ether oxygens (including phenoxy) is 1. The number of benzene rings is 2. The fraction of sp³-hybridized carbons (Fsp3) is 0.292. The van der Waals surface area contributed by atoms with E-state index in [1.165, 1.54) is 24.3 Å². The molecule has 3 nitrogen and oxygen atoms in total. The van der Waals surface area contributed by atoms with Crippen LogP contribution >= 0.6 is 0 Å². The molecule has 0 spiro atoms. The molecule has 0 radical (unpaired) electrons. The maximum atomic E-state index is 12.8. The zero-order valence-electron chi connectivity index (χ0n) is 17.5. The summed E-state index contributed by atoms with van der Waals surface area (Å²) < 4.78 is 30.9. The van der Waals surface area contributed by atoms with Gasteiger partial charge in [-0.15, -0.1) is 0 Å². The number of hydrogen-bond acceptors (Lipinski definition) is 3. The maximum Gasteiger partial charge on any atom is 0.130 e. The summed E-state index contributed by atoms with van der Waals surface area (Å²) >= 11 is 0. The lowest BCUT2D eigenvalue weighted by Crippen LogP contribution is -1.99. The van der Waals surface area contributed by atoms with E-state index in [2.05, 4.69) is 4.99 Å². The second-order valence-corrected chi connectivity index (χ2v) is 6.17. The Balaban J connectivity index is 0.000000296. The summed E-state index contributed by atoms with van der Waals surface area (Å²) in [6.07, 6.45) is 6.57. The van der Waals surface area contributed by atoms with Crippen LogP contribution in [-0.4, -0.2) is 17.9 Å². The van der Waals surface area contributed by atoms with Crippen molar-refractivity contribution in [3.63, 3.8) is 0 Å². The Labute approximate surface area is 172 Å². The van der Waals surface area contributed by atoms with Gasteiger partial charge in [0.05, 0.1) is 12.3 Å². The molecule has 0 aromatic heterocycles. The van der Waals surface area contributed by atoms with Gasteiger partial charge in [0, 0.05) is 6.21 Å². The van der Waals surface area contributed by atoms with Gasteiger partial charge in [0.1, 0.15) is 24.0 Å². The van der Waals surface area contributed by atoms with Crippen LogP contribution < -0.4 is 4.74 Å². The summed E-state index contributed by atoms with van der Waals surface area (Å²) in [5, 5.41) is 8.99. The van der Waals surface area contributed by atoms with Crippen molar-refractivity contribution in [3.05, 3.63) is 83.1 Å². The number of aliphatic hydroxyl groups is 1. The number of aliphatic hydroxyl groups excluding tert-OH is 1. The normalized spacial score (nSPS) is 12.0. The van der Waals surface area contributed by atoms with Gasteiger partial charge in [0.25, 0.3) is 0 Å². The van der Waals surface area contributed by atoms with E-state index in [0.29, 0.717) is 17.9 Å². The molecule has 29 heavy (non-hydrogen) atoms. The van der Waals surface area contributed by atoms with Crippen LogP contribution in [0.25, 0.3) is 5.57 Å². The molecule has 0 aliphatic heterocycles. The number of halogens is 2. The van der Waals surface area contributed by atoms with Gasteiger partial charge in [-0.05, 0) is 80.3 Å². The average Bonchev–Trinajstić information content (AvgIpc) is 2.75. The number of allylic oxidation sites excluding steroid dienone is 3. The zero-order chi connectivity index (χ0) is 21.6. The molecule has 5 heteroatoms.